The molecule has 0 aliphatic heterocycles. The lowest BCUT2D eigenvalue weighted by Crippen LogP contribution is -2.09. The highest BCUT2D eigenvalue weighted by atomic mass is 79.9. The van der Waals surface area contributed by atoms with Crippen molar-refractivity contribution in [3.8, 4) is 5.75 Å². The summed E-state index contributed by atoms with van der Waals surface area (Å²) >= 11 is 3.79. The van der Waals surface area contributed by atoms with Crippen LogP contribution in [0, 0.1) is 12.8 Å². The van der Waals surface area contributed by atoms with E-state index in [0.717, 1.165) is 18.7 Å². The third kappa shape index (κ3) is 2.60. The number of hydrogen-bond acceptors (Lipinski definition) is 2. The van der Waals surface area contributed by atoms with Crippen LogP contribution in [0.3, 0.4) is 0 Å². The fourth-order valence-corrected chi connectivity index (χ4v) is 3.76. The Labute approximate surface area is 140 Å². The molecule has 1 aliphatic rings. The fourth-order valence-electron chi connectivity index (χ4n) is 3.06. The van der Waals surface area contributed by atoms with Crippen LogP contribution in [0.5, 0.6) is 5.75 Å². The molecular weight excluding hydrogens is 340 g/mol. The van der Waals surface area contributed by atoms with Gasteiger partial charge in [0.15, 0.2) is 0 Å². The fraction of sp³-hybridized carbons (Fsp3) is 0.389. The largest absolute Gasteiger partial charge is 0.497 e. The molecule has 116 valence electrons. The molecule has 0 N–H and O–H groups in total. The summed E-state index contributed by atoms with van der Waals surface area (Å²) < 4.78 is 8.78. The Morgan fingerprint density at radius 1 is 1.36 bits per heavy atom. The number of nitrogens with zero attached hydrogens (tertiary/aromatic N) is 2. The number of fused-ring (bicyclic) bond motifs is 1. The molecule has 1 aromatic carbocycles. The zero-order valence-electron chi connectivity index (χ0n) is 13.5. The van der Waals surface area contributed by atoms with E-state index in [1.165, 1.54) is 32.4 Å². The molecule has 0 amide bonds. The van der Waals surface area contributed by atoms with Crippen molar-refractivity contribution in [3.05, 3.63) is 51.3 Å². The minimum absolute atomic E-state index is 0.561. The van der Waals surface area contributed by atoms with E-state index in [0.29, 0.717) is 5.92 Å². The van der Waals surface area contributed by atoms with E-state index in [1.807, 2.05) is 6.20 Å². The van der Waals surface area contributed by atoms with Crippen LogP contribution < -0.4 is 4.74 Å². The molecule has 0 unspecified atom stereocenters. The molecule has 4 heteroatoms. The van der Waals surface area contributed by atoms with Gasteiger partial charge >= 0.3 is 0 Å². The van der Waals surface area contributed by atoms with E-state index in [1.54, 1.807) is 7.11 Å². The third-order valence-corrected chi connectivity index (χ3v) is 4.74. The summed E-state index contributed by atoms with van der Waals surface area (Å²) in [6, 6.07) is 6.34. The molecular formula is C18H21BrN2O. The molecule has 0 saturated carbocycles. The first-order chi connectivity index (χ1) is 10.5. The summed E-state index contributed by atoms with van der Waals surface area (Å²) in [6.07, 6.45) is 2.82. The van der Waals surface area contributed by atoms with Crippen LogP contribution in [0.15, 0.2) is 28.9 Å². The van der Waals surface area contributed by atoms with Crippen molar-refractivity contribution < 1.29 is 4.74 Å². The minimum atomic E-state index is 0.561. The van der Waals surface area contributed by atoms with Gasteiger partial charge < -0.3 is 4.74 Å². The maximum absolute atomic E-state index is 5.46. The number of aromatic nitrogens is 2. The SMILES string of the molecule is COc1cc(C)c2c(c1)C(c1ccnn1CC(C)C)=C(Br)C2. The molecule has 3 nitrogen and oxygen atoms in total. The van der Waals surface area contributed by atoms with E-state index in [4.69, 9.17) is 4.74 Å². The van der Waals surface area contributed by atoms with Crippen molar-refractivity contribution in [1.82, 2.24) is 9.78 Å². The first kappa shape index (κ1) is 15.3. The lowest BCUT2D eigenvalue weighted by molar-refractivity contribution is 0.414. The van der Waals surface area contributed by atoms with Gasteiger partial charge in [-0.05, 0) is 47.7 Å². The number of aryl methyl sites for hydroxylation is 1. The zero-order chi connectivity index (χ0) is 15.9. The molecule has 1 aromatic heterocycles. The zero-order valence-corrected chi connectivity index (χ0v) is 15.1. The minimum Gasteiger partial charge on any atom is -0.497 e. The summed E-state index contributed by atoms with van der Waals surface area (Å²) in [6.45, 7) is 7.50. The van der Waals surface area contributed by atoms with Crippen molar-refractivity contribution in [1.29, 1.82) is 0 Å². The molecule has 0 fully saturated rings. The smallest absolute Gasteiger partial charge is 0.119 e. The Kier molecular flexibility index (Phi) is 4.13. The van der Waals surface area contributed by atoms with Gasteiger partial charge in [-0.2, -0.15) is 5.10 Å². The Morgan fingerprint density at radius 3 is 2.82 bits per heavy atom. The first-order valence-electron chi connectivity index (χ1n) is 7.60. The summed E-state index contributed by atoms with van der Waals surface area (Å²) in [4.78, 5) is 0. The molecule has 1 aliphatic carbocycles. The van der Waals surface area contributed by atoms with Gasteiger partial charge in [-0.1, -0.05) is 29.8 Å². The van der Waals surface area contributed by atoms with Gasteiger partial charge in [-0.25, -0.2) is 0 Å². The molecule has 0 spiro atoms. The highest BCUT2D eigenvalue weighted by molar-refractivity contribution is 9.11. The van der Waals surface area contributed by atoms with Crippen molar-refractivity contribution in [2.24, 2.45) is 5.92 Å². The maximum Gasteiger partial charge on any atom is 0.119 e. The highest BCUT2D eigenvalue weighted by Crippen LogP contribution is 2.43. The van der Waals surface area contributed by atoms with E-state index in [9.17, 15) is 0 Å². The summed E-state index contributed by atoms with van der Waals surface area (Å²) in [5, 5.41) is 4.50. The Hall–Kier alpha value is -1.55. The number of benzene rings is 1. The predicted octanol–water partition coefficient (Wildman–Crippen LogP) is 4.57. The van der Waals surface area contributed by atoms with Crippen LogP contribution in [-0.2, 0) is 13.0 Å². The van der Waals surface area contributed by atoms with E-state index in [-0.39, 0.29) is 0 Å². The Bertz CT molecular complexity index is 744. The van der Waals surface area contributed by atoms with E-state index < -0.39 is 0 Å². The van der Waals surface area contributed by atoms with Gasteiger partial charge in [-0.15, -0.1) is 0 Å². The maximum atomic E-state index is 5.46. The van der Waals surface area contributed by atoms with Crippen LogP contribution in [0.4, 0.5) is 0 Å². The third-order valence-electron chi connectivity index (χ3n) is 4.07. The molecule has 0 atom stereocenters. The standard InChI is InChI=1S/C18H21BrN2O/c1-11(2)10-21-17(5-6-20-21)18-15-8-13(22-4)7-12(3)14(15)9-16(18)19/h5-8,11H,9-10H2,1-4H3. The summed E-state index contributed by atoms with van der Waals surface area (Å²) in [7, 11) is 1.72. The van der Waals surface area contributed by atoms with Gasteiger partial charge in [0.1, 0.15) is 5.75 Å². The number of rotatable bonds is 4. The number of methoxy groups -OCH3 is 1. The molecule has 0 bridgehead atoms. The Morgan fingerprint density at radius 2 is 2.14 bits per heavy atom. The molecule has 22 heavy (non-hydrogen) atoms. The molecule has 3 rings (SSSR count). The number of halogens is 1. The van der Waals surface area contributed by atoms with Gasteiger partial charge in [0.05, 0.1) is 12.8 Å². The van der Waals surface area contributed by atoms with E-state index in [2.05, 4.69) is 64.7 Å². The number of hydrogen-bond donors (Lipinski definition) is 0. The van der Waals surface area contributed by atoms with Crippen molar-refractivity contribution in [2.45, 2.75) is 33.7 Å². The quantitative estimate of drug-likeness (QED) is 0.798. The summed E-state index contributed by atoms with van der Waals surface area (Å²) in [5.74, 6) is 1.47. The van der Waals surface area contributed by atoms with Crippen molar-refractivity contribution in [2.75, 3.05) is 7.11 Å². The predicted molar refractivity (Wildman–Crippen MR) is 93.4 cm³/mol. The average molecular weight is 361 g/mol. The molecule has 2 aromatic rings. The van der Waals surface area contributed by atoms with Gasteiger partial charge in [0, 0.05) is 29.2 Å². The second-order valence-electron chi connectivity index (χ2n) is 6.22. The van der Waals surface area contributed by atoms with Gasteiger partial charge in [-0.3, -0.25) is 4.68 Å². The first-order valence-corrected chi connectivity index (χ1v) is 8.39. The van der Waals surface area contributed by atoms with Crippen LogP contribution >= 0.6 is 15.9 Å². The van der Waals surface area contributed by atoms with Crippen LogP contribution in [-0.4, -0.2) is 16.9 Å². The second kappa shape index (κ2) is 5.92. The summed E-state index contributed by atoms with van der Waals surface area (Å²) in [5.41, 5.74) is 6.33. The van der Waals surface area contributed by atoms with E-state index >= 15 is 0 Å². The highest BCUT2D eigenvalue weighted by Gasteiger charge is 2.26. The van der Waals surface area contributed by atoms with Crippen molar-refractivity contribution in [3.63, 3.8) is 0 Å². The monoisotopic (exact) mass is 360 g/mol. The van der Waals surface area contributed by atoms with Crippen LogP contribution in [0.2, 0.25) is 0 Å². The van der Waals surface area contributed by atoms with Crippen molar-refractivity contribution >= 4 is 21.5 Å². The lowest BCUT2D eigenvalue weighted by Gasteiger charge is -2.14. The Balaban J connectivity index is 2.13. The molecule has 1 heterocycles. The van der Waals surface area contributed by atoms with Crippen LogP contribution in [0.25, 0.3) is 5.57 Å². The molecule has 0 saturated heterocycles. The van der Waals surface area contributed by atoms with Gasteiger partial charge in [0.2, 0.25) is 0 Å². The average Bonchev–Trinajstić information content (AvgIpc) is 3.02. The lowest BCUT2D eigenvalue weighted by atomic mass is 9.99. The topological polar surface area (TPSA) is 27.1 Å². The van der Waals surface area contributed by atoms with Crippen LogP contribution in [0.1, 0.15) is 36.2 Å². The molecule has 0 radical (unpaired) electrons. The number of ether oxygens (including phenoxy) is 1. The number of allylic oxidation sites excluding steroid dienone is 1. The van der Waals surface area contributed by atoms with Gasteiger partial charge in [0.25, 0.3) is 0 Å². The normalized spacial score (nSPS) is 13.9. The second-order valence-corrected chi connectivity index (χ2v) is 7.18.